The Labute approximate surface area is 149 Å². The van der Waals surface area contributed by atoms with Crippen molar-refractivity contribution in [1.82, 2.24) is 15.1 Å². The van der Waals surface area contributed by atoms with Crippen molar-refractivity contribution < 1.29 is 14.7 Å². The highest BCUT2D eigenvalue weighted by molar-refractivity contribution is 9.10. The monoisotopic (exact) mass is 393 g/mol. The number of carboxylic acid groups (broad SMARTS) is 1. The smallest absolute Gasteiger partial charge is 0.326 e. The van der Waals surface area contributed by atoms with Crippen LogP contribution in [-0.2, 0) is 4.79 Å². The maximum absolute atomic E-state index is 12.4. The molecule has 24 heavy (non-hydrogen) atoms. The van der Waals surface area contributed by atoms with E-state index in [0.717, 1.165) is 23.0 Å². The Morgan fingerprint density at radius 1 is 1.33 bits per heavy atom. The number of carboxylic acids is 1. The summed E-state index contributed by atoms with van der Waals surface area (Å²) < 4.78 is 2.56. The molecule has 7 heteroatoms. The number of rotatable bonds is 7. The van der Waals surface area contributed by atoms with Crippen molar-refractivity contribution in [3.05, 3.63) is 46.2 Å². The first-order valence-corrected chi connectivity index (χ1v) is 8.57. The molecule has 0 radical (unpaired) electrons. The third-order valence-corrected chi connectivity index (χ3v) is 4.21. The van der Waals surface area contributed by atoms with E-state index in [4.69, 9.17) is 0 Å². The van der Waals surface area contributed by atoms with Crippen molar-refractivity contribution in [3.8, 4) is 5.69 Å². The first kappa shape index (κ1) is 18.2. The topological polar surface area (TPSA) is 84.2 Å². The van der Waals surface area contributed by atoms with Crippen LogP contribution in [0.2, 0.25) is 0 Å². The summed E-state index contributed by atoms with van der Waals surface area (Å²) in [6.07, 6.45) is 3.65. The largest absolute Gasteiger partial charge is 0.480 e. The number of amides is 1. The molecule has 0 saturated carbocycles. The highest BCUT2D eigenvalue weighted by Crippen LogP contribution is 2.16. The van der Waals surface area contributed by atoms with Crippen molar-refractivity contribution in [2.45, 2.75) is 39.2 Å². The van der Waals surface area contributed by atoms with Crippen molar-refractivity contribution in [2.24, 2.45) is 0 Å². The van der Waals surface area contributed by atoms with E-state index in [1.807, 2.05) is 31.2 Å². The van der Waals surface area contributed by atoms with Crippen molar-refractivity contribution in [1.29, 1.82) is 0 Å². The molecule has 0 fully saturated rings. The predicted molar refractivity (Wildman–Crippen MR) is 94.4 cm³/mol. The van der Waals surface area contributed by atoms with Crippen molar-refractivity contribution in [3.63, 3.8) is 0 Å². The number of aromatic nitrogens is 2. The Balaban J connectivity index is 2.17. The predicted octanol–water partition coefficient (Wildman–Crippen LogP) is 3.32. The molecular formula is C17H20BrN3O3. The third kappa shape index (κ3) is 4.44. The number of aryl methyl sites for hydroxylation is 1. The van der Waals surface area contributed by atoms with Gasteiger partial charge in [0.15, 0.2) is 0 Å². The molecule has 1 aromatic heterocycles. The van der Waals surface area contributed by atoms with E-state index < -0.39 is 17.9 Å². The number of unbranched alkanes of at least 4 members (excludes halogenated alkanes) is 1. The van der Waals surface area contributed by atoms with Crippen LogP contribution in [0.1, 0.15) is 42.2 Å². The fourth-order valence-corrected chi connectivity index (χ4v) is 2.58. The number of nitrogens with zero attached hydrogens (tertiary/aromatic N) is 2. The van der Waals surface area contributed by atoms with Crippen molar-refractivity contribution >= 4 is 27.8 Å². The Morgan fingerprint density at radius 2 is 2.00 bits per heavy atom. The second-order valence-corrected chi connectivity index (χ2v) is 6.47. The second-order valence-electron chi connectivity index (χ2n) is 5.56. The van der Waals surface area contributed by atoms with Gasteiger partial charge in [0, 0.05) is 10.7 Å². The fraction of sp³-hybridized carbons (Fsp3) is 0.353. The summed E-state index contributed by atoms with van der Waals surface area (Å²) in [6, 6.07) is 6.64. The number of benzene rings is 1. The molecule has 0 aliphatic rings. The molecule has 0 bridgehead atoms. The molecule has 128 valence electrons. The van der Waals surface area contributed by atoms with Crippen molar-refractivity contribution in [2.75, 3.05) is 0 Å². The first-order valence-electron chi connectivity index (χ1n) is 7.78. The number of halogens is 1. The van der Waals surface area contributed by atoms with Crippen LogP contribution < -0.4 is 5.32 Å². The SMILES string of the molecule is CCCC[C@H](NC(=O)c1cn(-c2ccc(Br)cc2)nc1C)C(=O)O. The van der Waals surface area contributed by atoms with Crippen LogP contribution in [-0.4, -0.2) is 32.8 Å². The molecule has 2 aromatic rings. The second kappa shape index (κ2) is 8.10. The summed E-state index contributed by atoms with van der Waals surface area (Å²) in [5.41, 5.74) is 1.75. The standard InChI is InChI=1S/C17H20BrN3O3/c1-3-4-5-15(17(23)24)19-16(22)14-10-21(20-11(14)2)13-8-6-12(18)7-9-13/h6-10,15H,3-5H2,1-2H3,(H,19,22)(H,23,24)/t15-/m0/s1. The lowest BCUT2D eigenvalue weighted by Crippen LogP contribution is -2.40. The molecule has 0 aliphatic heterocycles. The molecule has 1 aromatic carbocycles. The van der Waals surface area contributed by atoms with Gasteiger partial charge in [-0.2, -0.15) is 5.10 Å². The lowest BCUT2D eigenvalue weighted by molar-refractivity contribution is -0.139. The van der Waals surface area contributed by atoms with E-state index in [-0.39, 0.29) is 0 Å². The summed E-state index contributed by atoms with van der Waals surface area (Å²) in [5, 5.41) is 16.2. The lowest BCUT2D eigenvalue weighted by Gasteiger charge is -2.13. The Bertz CT molecular complexity index is 725. The van der Waals surface area contributed by atoms with Crippen LogP contribution >= 0.6 is 15.9 Å². The summed E-state index contributed by atoms with van der Waals surface area (Å²) >= 11 is 3.37. The van der Waals surface area contributed by atoms with Crippen LogP contribution in [0.5, 0.6) is 0 Å². The highest BCUT2D eigenvalue weighted by atomic mass is 79.9. The van der Waals surface area contributed by atoms with Gasteiger partial charge in [-0.15, -0.1) is 0 Å². The van der Waals surface area contributed by atoms with Gasteiger partial charge in [0.05, 0.1) is 16.9 Å². The van der Waals surface area contributed by atoms with E-state index in [0.29, 0.717) is 17.7 Å². The minimum absolute atomic E-state index is 0.376. The number of nitrogens with one attached hydrogen (secondary N) is 1. The molecule has 1 heterocycles. The third-order valence-electron chi connectivity index (χ3n) is 3.68. The van der Waals surface area contributed by atoms with Gasteiger partial charge in [-0.3, -0.25) is 4.79 Å². The van der Waals surface area contributed by atoms with Gasteiger partial charge in [0.1, 0.15) is 6.04 Å². The lowest BCUT2D eigenvalue weighted by atomic mass is 10.1. The molecular weight excluding hydrogens is 374 g/mol. The zero-order valence-electron chi connectivity index (χ0n) is 13.6. The number of hydrogen-bond acceptors (Lipinski definition) is 3. The molecule has 6 nitrogen and oxygen atoms in total. The van der Waals surface area contributed by atoms with Gasteiger partial charge < -0.3 is 10.4 Å². The summed E-state index contributed by atoms with van der Waals surface area (Å²) in [5.74, 6) is -1.44. The number of carbonyl (C=O) groups is 2. The average Bonchev–Trinajstić information content (AvgIpc) is 2.93. The van der Waals surface area contributed by atoms with Gasteiger partial charge in [0.25, 0.3) is 5.91 Å². The van der Waals surface area contributed by atoms with E-state index in [2.05, 4.69) is 26.3 Å². The van der Waals surface area contributed by atoms with E-state index in [1.165, 1.54) is 0 Å². The molecule has 1 atom stereocenters. The fourth-order valence-electron chi connectivity index (χ4n) is 2.31. The van der Waals surface area contributed by atoms with Gasteiger partial charge >= 0.3 is 5.97 Å². The summed E-state index contributed by atoms with van der Waals surface area (Å²) in [6.45, 7) is 3.71. The average molecular weight is 394 g/mol. The summed E-state index contributed by atoms with van der Waals surface area (Å²) in [7, 11) is 0. The molecule has 0 aliphatic carbocycles. The minimum Gasteiger partial charge on any atom is -0.480 e. The van der Waals surface area contributed by atoms with E-state index in [1.54, 1.807) is 17.8 Å². The van der Waals surface area contributed by atoms with Crippen LogP contribution in [0, 0.1) is 6.92 Å². The molecule has 2 N–H and O–H groups in total. The molecule has 2 rings (SSSR count). The number of aliphatic carboxylic acids is 1. The van der Waals surface area contributed by atoms with Gasteiger partial charge in [-0.1, -0.05) is 35.7 Å². The van der Waals surface area contributed by atoms with Crippen LogP contribution in [0.3, 0.4) is 0 Å². The summed E-state index contributed by atoms with van der Waals surface area (Å²) in [4.78, 5) is 23.7. The molecule has 1 amide bonds. The maximum Gasteiger partial charge on any atom is 0.326 e. The van der Waals surface area contributed by atoms with Crippen LogP contribution in [0.4, 0.5) is 0 Å². The molecule has 0 saturated heterocycles. The van der Waals surface area contributed by atoms with Crippen LogP contribution in [0.25, 0.3) is 5.69 Å². The Kier molecular flexibility index (Phi) is 6.14. The Morgan fingerprint density at radius 3 is 2.58 bits per heavy atom. The van der Waals surface area contributed by atoms with Gasteiger partial charge in [-0.25, -0.2) is 9.48 Å². The highest BCUT2D eigenvalue weighted by Gasteiger charge is 2.22. The van der Waals surface area contributed by atoms with Crippen LogP contribution in [0.15, 0.2) is 34.9 Å². The quantitative estimate of drug-likeness (QED) is 0.755. The maximum atomic E-state index is 12.4. The van der Waals surface area contributed by atoms with E-state index >= 15 is 0 Å². The minimum atomic E-state index is -1.02. The Hall–Kier alpha value is -2.15. The first-order chi connectivity index (χ1) is 11.4. The molecule has 0 spiro atoms. The zero-order chi connectivity index (χ0) is 17.7. The normalized spacial score (nSPS) is 12.0. The van der Waals surface area contributed by atoms with Gasteiger partial charge in [-0.05, 0) is 37.6 Å². The number of hydrogen-bond donors (Lipinski definition) is 2. The van der Waals surface area contributed by atoms with Gasteiger partial charge in [0.2, 0.25) is 0 Å². The van der Waals surface area contributed by atoms with E-state index in [9.17, 15) is 14.7 Å². The zero-order valence-corrected chi connectivity index (χ0v) is 15.2. The number of carbonyl (C=O) groups excluding carboxylic acids is 1. The molecule has 0 unspecified atom stereocenters.